The zero-order chi connectivity index (χ0) is 13.2. The van der Waals surface area contributed by atoms with Crippen molar-refractivity contribution in [3.63, 3.8) is 0 Å². The van der Waals surface area contributed by atoms with E-state index in [0.29, 0.717) is 5.92 Å². The van der Waals surface area contributed by atoms with Crippen LogP contribution in [0.1, 0.15) is 51.0 Å². The van der Waals surface area contributed by atoms with Gasteiger partial charge in [0.15, 0.2) is 0 Å². The third kappa shape index (κ3) is 2.70. The zero-order valence-electron chi connectivity index (χ0n) is 12.2. The van der Waals surface area contributed by atoms with Crippen LogP contribution in [0.25, 0.3) is 0 Å². The van der Waals surface area contributed by atoms with E-state index in [0.717, 1.165) is 0 Å². The van der Waals surface area contributed by atoms with Crippen LogP contribution in [0.5, 0.6) is 0 Å². The second kappa shape index (κ2) is 5.40. The minimum absolute atomic E-state index is 0.575. The van der Waals surface area contributed by atoms with E-state index >= 15 is 0 Å². The van der Waals surface area contributed by atoms with Crippen molar-refractivity contribution in [3.8, 4) is 0 Å². The molecule has 0 N–H and O–H groups in total. The molecule has 0 saturated carbocycles. The quantitative estimate of drug-likeness (QED) is 0.829. The molecule has 3 rings (SSSR count). The number of anilines is 2. The number of hydrogen-bond donors (Lipinski definition) is 0. The summed E-state index contributed by atoms with van der Waals surface area (Å²) in [5.41, 5.74) is 1.43. The van der Waals surface area contributed by atoms with Gasteiger partial charge < -0.3 is 9.80 Å². The molecule has 3 nitrogen and oxygen atoms in total. The van der Waals surface area contributed by atoms with Gasteiger partial charge in [0.05, 0.1) is 0 Å². The fourth-order valence-corrected chi connectivity index (χ4v) is 3.07. The first kappa shape index (κ1) is 12.8. The van der Waals surface area contributed by atoms with Gasteiger partial charge in [-0.05, 0) is 49.3 Å². The van der Waals surface area contributed by atoms with E-state index in [9.17, 15) is 0 Å². The Bertz CT molecular complexity index is 395. The Kier molecular flexibility index (Phi) is 3.63. The minimum atomic E-state index is 0.575. The molecule has 0 atom stereocenters. The molecule has 19 heavy (non-hydrogen) atoms. The lowest BCUT2D eigenvalue weighted by Gasteiger charge is -2.23. The van der Waals surface area contributed by atoms with Crippen molar-refractivity contribution in [3.05, 3.63) is 17.7 Å². The molecule has 0 aliphatic carbocycles. The van der Waals surface area contributed by atoms with Crippen LogP contribution < -0.4 is 9.80 Å². The van der Waals surface area contributed by atoms with Crippen LogP contribution >= 0.6 is 0 Å². The van der Waals surface area contributed by atoms with E-state index in [1.54, 1.807) is 0 Å². The lowest BCUT2D eigenvalue weighted by molar-refractivity contribution is 0.842. The van der Waals surface area contributed by atoms with Crippen LogP contribution in [-0.4, -0.2) is 31.2 Å². The molecule has 3 heteroatoms. The number of hydrogen-bond acceptors (Lipinski definition) is 3. The van der Waals surface area contributed by atoms with Crippen LogP contribution in [0.3, 0.4) is 0 Å². The maximum absolute atomic E-state index is 4.93. The number of pyridine rings is 1. The summed E-state index contributed by atoms with van der Waals surface area (Å²) in [7, 11) is 0. The molecular formula is C16H25N3. The Morgan fingerprint density at radius 1 is 0.842 bits per heavy atom. The highest BCUT2D eigenvalue weighted by Crippen LogP contribution is 2.28. The van der Waals surface area contributed by atoms with Crippen molar-refractivity contribution in [2.45, 2.75) is 45.4 Å². The molecule has 3 heterocycles. The molecule has 0 bridgehead atoms. The fourth-order valence-electron chi connectivity index (χ4n) is 3.07. The number of nitrogens with zero attached hydrogens (tertiary/aromatic N) is 3. The first-order valence-electron chi connectivity index (χ1n) is 7.76. The Hall–Kier alpha value is -1.25. The minimum Gasteiger partial charge on any atom is -0.357 e. The van der Waals surface area contributed by atoms with E-state index in [-0.39, 0.29) is 0 Å². The van der Waals surface area contributed by atoms with Crippen molar-refractivity contribution in [1.82, 2.24) is 4.98 Å². The summed E-state index contributed by atoms with van der Waals surface area (Å²) < 4.78 is 0. The summed E-state index contributed by atoms with van der Waals surface area (Å²) in [6.45, 7) is 9.25. The molecule has 0 aromatic carbocycles. The van der Waals surface area contributed by atoms with Crippen LogP contribution in [0.4, 0.5) is 11.6 Å². The van der Waals surface area contributed by atoms with Gasteiger partial charge in [0.2, 0.25) is 0 Å². The van der Waals surface area contributed by atoms with Crippen molar-refractivity contribution >= 4 is 11.6 Å². The van der Waals surface area contributed by atoms with Crippen LogP contribution in [0.15, 0.2) is 12.1 Å². The van der Waals surface area contributed by atoms with E-state index in [2.05, 4.69) is 35.8 Å². The van der Waals surface area contributed by atoms with Crippen LogP contribution in [0, 0.1) is 0 Å². The van der Waals surface area contributed by atoms with Crippen LogP contribution in [-0.2, 0) is 0 Å². The highest BCUT2D eigenvalue weighted by atomic mass is 15.3. The Labute approximate surface area is 116 Å². The van der Waals surface area contributed by atoms with Gasteiger partial charge in [0.25, 0.3) is 0 Å². The summed E-state index contributed by atoms with van der Waals surface area (Å²) in [5.74, 6) is 2.97. The highest BCUT2D eigenvalue weighted by molar-refractivity contribution is 5.53. The standard InChI is InChI=1S/C16H25N3/c1-13(2)14-11-15(18-7-3-4-8-18)17-16(12-14)19-9-5-6-10-19/h11-13H,3-10H2,1-2H3. The Morgan fingerprint density at radius 2 is 1.26 bits per heavy atom. The SMILES string of the molecule is CC(C)c1cc(N2CCCC2)nc(N2CCCC2)c1. The molecule has 0 spiro atoms. The largest absolute Gasteiger partial charge is 0.357 e. The van der Waals surface area contributed by atoms with E-state index in [1.165, 1.54) is 69.1 Å². The van der Waals surface area contributed by atoms with Gasteiger partial charge in [0.1, 0.15) is 11.6 Å². The predicted octanol–water partition coefficient (Wildman–Crippen LogP) is 3.41. The Balaban J connectivity index is 1.93. The van der Waals surface area contributed by atoms with Crippen LogP contribution in [0.2, 0.25) is 0 Å². The van der Waals surface area contributed by atoms with Crippen molar-refractivity contribution in [2.75, 3.05) is 36.0 Å². The molecule has 2 saturated heterocycles. The topological polar surface area (TPSA) is 19.4 Å². The normalized spacial score (nSPS) is 19.7. The average Bonchev–Trinajstić information content (AvgIpc) is 3.11. The molecular weight excluding hydrogens is 234 g/mol. The third-order valence-electron chi connectivity index (χ3n) is 4.35. The first-order chi connectivity index (χ1) is 9.24. The Morgan fingerprint density at radius 3 is 1.63 bits per heavy atom. The second-order valence-electron chi connectivity index (χ2n) is 6.16. The maximum atomic E-state index is 4.93. The van der Waals surface area contributed by atoms with Crippen molar-refractivity contribution < 1.29 is 0 Å². The first-order valence-corrected chi connectivity index (χ1v) is 7.76. The summed E-state index contributed by atoms with van der Waals surface area (Å²) in [4.78, 5) is 9.83. The van der Waals surface area contributed by atoms with E-state index < -0.39 is 0 Å². The van der Waals surface area contributed by atoms with Crippen molar-refractivity contribution in [1.29, 1.82) is 0 Å². The molecule has 1 aromatic rings. The van der Waals surface area contributed by atoms with Gasteiger partial charge in [-0.1, -0.05) is 13.8 Å². The average molecular weight is 259 g/mol. The van der Waals surface area contributed by atoms with E-state index in [1.807, 2.05) is 0 Å². The highest BCUT2D eigenvalue weighted by Gasteiger charge is 2.19. The van der Waals surface area contributed by atoms with Crippen molar-refractivity contribution in [2.24, 2.45) is 0 Å². The lowest BCUT2D eigenvalue weighted by Crippen LogP contribution is -2.23. The molecule has 2 aliphatic heterocycles. The van der Waals surface area contributed by atoms with Gasteiger partial charge in [0, 0.05) is 26.2 Å². The lowest BCUT2D eigenvalue weighted by atomic mass is 10.0. The summed E-state index contributed by atoms with van der Waals surface area (Å²) >= 11 is 0. The summed E-state index contributed by atoms with van der Waals surface area (Å²) in [5, 5.41) is 0. The second-order valence-corrected chi connectivity index (χ2v) is 6.16. The summed E-state index contributed by atoms with van der Waals surface area (Å²) in [6, 6.07) is 4.60. The van der Waals surface area contributed by atoms with Gasteiger partial charge in [-0.3, -0.25) is 0 Å². The number of rotatable bonds is 3. The predicted molar refractivity (Wildman–Crippen MR) is 81.2 cm³/mol. The number of aromatic nitrogens is 1. The molecule has 0 unspecified atom stereocenters. The zero-order valence-corrected chi connectivity index (χ0v) is 12.2. The van der Waals surface area contributed by atoms with Gasteiger partial charge in [-0.2, -0.15) is 0 Å². The maximum Gasteiger partial charge on any atom is 0.131 e. The van der Waals surface area contributed by atoms with Gasteiger partial charge in [-0.25, -0.2) is 4.98 Å². The monoisotopic (exact) mass is 259 g/mol. The smallest absolute Gasteiger partial charge is 0.131 e. The van der Waals surface area contributed by atoms with Gasteiger partial charge >= 0.3 is 0 Å². The van der Waals surface area contributed by atoms with Gasteiger partial charge in [-0.15, -0.1) is 0 Å². The molecule has 0 amide bonds. The molecule has 0 radical (unpaired) electrons. The summed E-state index contributed by atoms with van der Waals surface area (Å²) in [6.07, 6.45) is 5.25. The fraction of sp³-hybridized carbons (Fsp3) is 0.688. The molecule has 104 valence electrons. The molecule has 2 aliphatic rings. The van der Waals surface area contributed by atoms with E-state index in [4.69, 9.17) is 4.98 Å². The molecule has 2 fully saturated rings. The third-order valence-corrected chi connectivity index (χ3v) is 4.35. The molecule has 1 aromatic heterocycles.